The molecule has 1 fully saturated rings. The Morgan fingerprint density at radius 3 is 2.18 bits per heavy atom. The zero-order valence-electron chi connectivity index (χ0n) is 18.8. The second-order valence-electron chi connectivity index (χ2n) is 7.58. The molecular weight excluding hydrogens is 466 g/mol. The Bertz CT molecular complexity index is 1210. The first-order valence-corrected chi connectivity index (χ1v) is 12.1. The first-order valence-electron chi connectivity index (χ1n) is 10.7. The van der Waals surface area contributed by atoms with Crippen LogP contribution in [0.5, 0.6) is 0 Å². The summed E-state index contributed by atoms with van der Waals surface area (Å²) in [6.45, 7) is 4.93. The van der Waals surface area contributed by atoms with Gasteiger partial charge in [-0.15, -0.1) is 0 Å². The molecule has 0 bridgehead atoms. The molecule has 34 heavy (non-hydrogen) atoms. The van der Waals surface area contributed by atoms with Crippen molar-refractivity contribution in [3.8, 4) is 0 Å². The van der Waals surface area contributed by atoms with Gasteiger partial charge in [0.15, 0.2) is 0 Å². The van der Waals surface area contributed by atoms with Crippen LogP contribution in [0.2, 0.25) is 0 Å². The van der Waals surface area contributed by atoms with Gasteiger partial charge in [-0.25, -0.2) is 8.42 Å². The van der Waals surface area contributed by atoms with E-state index in [-0.39, 0.29) is 72.7 Å². The Hall–Kier alpha value is -3.58. The van der Waals surface area contributed by atoms with E-state index in [1.807, 2.05) is 0 Å². The number of nitrogens with zero attached hydrogens (tertiary/aromatic N) is 5. The molecule has 1 amide bonds. The van der Waals surface area contributed by atoms with Crippen molar-refractivity contribution in [2.75, 3.05) is 44.2 Å². The maximum atomic E-state index is 12.8. The molecule has 1 heterocycles. The van der Waals surface area contributed by atoms with Crippen LogP contribution in [0, 0.1) is 20.2 Å². The van der Waals surface area contributed by atoms with Crippen LogP contribution in [0.3, 0.4) is 0 Å². The van der Waals surface area contributed by atoms with E-state index in [4.69, 9.17) is 0 Å². The number of nitro groups is 2. The molecule has 0 unspecified atom stereocenters. The lowest BCUT2D eigenvalue weighted by Crippen LogP contribution is -2.49. The molecule has 182 valence electrons. The Kier molecular flexibility index (Phi) is 7.47. The first-order chi connectivity index (χ1) is 16.1. The number of benzene rings is 2. The quantitative estimate of drug-likeness (QED) is 0.404. The van der Waals surface area contributed by atoms with Crippen molar-refractivity contribution >= 4 is 33.0 Å². The number of sulfonamides is 1. The van der Waals surface area contributed by atoms with Crippen LogP contribution in [-0.2, 0) is 10.0 Å². The summed E-state index contributed by atoms with van der Waals surface area (Å²) in [4.78, 5) is 37.4. The molecule has 1 aliphatic rings. The number of anilines is 1. The van der Waals surface area contributed by atoms with Gasteiger partial charge in [0.1, 0.15) is 5.69 Å². The summed E-state index contributed by atoms with van der Waals surface area (Å²) in [6, 6.07) is 9.32. The molecule has 0 radical (unpaired) electrons. The summed E-state index contributed by atoms with van der Waals surface area (Å²) in [5, 5.41) is 22.7. The highest BCUT2D eigenvalue weighted by molar-refractivity contribution is 7.89. The highest BCUT2D eigenvalue weighted by Gasteiger charge is 2.30. The predicted octanol–water partition coefficient (Wildman–Crippen LogP) is 2.50. The summed E-state index contributed by atoms with van der Waals surface area (Å²) in [6.07, 6.45) is 0. The second-order valence-corrected chi connectivity index (χ2v) is 9.52. The molecule has 1 aliphatic heterocycles. The van der Waals surface area contributed by atoms with Crippen molar-refractivity contribution in [1.82, 2.24) is 9.21 Å². The molecule has 12 nitrogen and oxygen atoms in total. The Morgan fingerprint density at radius 2 is 1.62 bits per heavy atom. The molecule has 0 saturated carbocycles. The number of carbonyl (C=O) groups excluding carboxylic acids is 1. The van der Waals surface area contributed by atoms with Gasteiger partial charge >= 0.3 is 0 Å². The number of amides is 1. The van der Waals surface area contributed by atoms with Crippen molar-refractivity contribution in [3.63, 3.8) is 0 Å². The van der Waals surface area contributed by atoms with E-state index in [9.17, 15) is 33.4 Å². The minimum Gasteiger partial charge on any atom is -0.362 e. The normalized spacial score (nSPS) is 14.3. The van der Waals surface area contributed by atoms with Gasteiger partial charge in [-0.2, -0.15) is 4.31 Å². The average molecular weight is 492 g/mol. The largest absolute Gasteiger partial charge is 0.362 e. The van der Waals surface area contributed by atoms with E-state index in [0.29, 0.717) is 0 Å². The van der Waals surface area contributed by atoms with Gasteiger partial charge < -0.3 is 9.80 Å². The highest BCUT2D eigenvalue weighted by Crippen LogP contribution is 2.32. The third-order valence-corrected chi connectivity index (χ3v) is 7.74. The summed E-state index contributed by atoms with van der Waals surface area (Å²) < 4.78 is 26.8. The van der Waals surface area contributed by atoms with Gasteiger partial charge in [0.25, 0.3) is 17.3 Å². The number of hydrogen-bond donors (Lipinski definition) is 0. The van der Waals surface area contributed by atoms with E-state index in [1.165, 1.54) is 45.6 Å². The molecule has 0 atom stereocenters. The van der Waals surface area contributed by atoms with E-state index in [2.05, 4.69) is 0 Å². The fourth-order valence-electron chi connectivity index (χ4n) is 3.88. The summed E-state index contributed by atoms with van der Waals surface area (Å²) in [5.74, 6) is -0.362. The van der Waals surface area contributed by atoms with Gasteiger partial charge in [0, 0.05) is 63.0 Å². The van der Waals surface area contributed by atoms with Crippen LogP contribution in [0.25, 0.3) is 0 Å². The maximum Gasteiger partial charge on any atom is 0.293 e. The standard InChI is InChI=1S/C21H25N5O7S/c1-3-24(4-2)34(32,33)18-8-9-19(20(15-18)26(30)31)22-10-12-23(13-11-22)21(27)16-6-5-7-17(14-16)25(28)29/h5-9,14-15H,3-4,10-13H2,1-2H3. The van der Waals surface area contributed by atoms with E-state index in [1.54, 1.807) is 18.7 Å². The van der Waals surface area contributed by atoms with Gasteiger partial charge in [0.05, 0.1) is 14.7 Å². The number of non-ortho nitro benzene ring substituents is 1. The monoisotopic (exact) mass is 491 g/mol. The number of carbonyl (C=O) groups is 1. The Labute approximate surface area is 196 Å². The van der Waals surface area contributed by atoms with Crippen LogP contribution >= 0.6 is 0 Å². The number of hydrogen-bond acceptors (Lipinski definition) is 8. The van der Waals surface area contributed by atoms with Gasteiger partial charge in [-0.05, 0) is 18.2 Å². The lowest BCUT2D eigenvalue weighted by atomic mass is 10.1. The van der Waals surface area contributed by atoms with E-state index >= 15 is 0 Å². The van der Waals surface area contributed by atoms with Crippen LogP contribution in [0.15, 0.2) is 47.4 Å². The lowest BCUT2D eigenvalue weighted by Gasteiger charge is -2.36. The Morgan fingerprint density at radius 1 is 0.971 bits per heavy atom. The van der Waals surface area contributed by atoms with Gasteiger partial charge in [0.2, 0.25) is 10.0 Å². The molecule has 13 heteroatoms. The third kappa shape index (κ3) is 4.99. The van der Waals surface area contributed by atoms with Crippen molar-refractivity contribution in [1.29, 1.82) is 0 Å². The fraction of sp³-hybridized carbons (Fsp3) is 0.381. The summed E-state index contributed by atoms with van der Waals surface area (Å²) in [5.41, 5.74) is -0.0444. The fourth-order valence-corrected chi connectivity index (χ4v) is 5.35. The molecule has 2 aromatic rings. The zero-order valence-corrected chi connectivity index (χ0v) is 19.6. The number of rotatable bonds is 8. The third-order valence-electron chi connectivity index (χ3n) is 5.70. The molecule has 1 saturated heterocycles. The molecule has 0 spiro atoms. The first kappa shape index (κ1) is 25.1. The van der Waals surface area contributed by atoms with Crippen LogP contribution in [0.4, 0.5) is 17.1 Å². The smallest absolute Gasteiger partial charge is 0.293 e. The van der Waals surface area contributed by atoms with Crippen LogP contribution in [0.1, 0.15) is 24.2 Å². The molecular formula is C21H25N5O7S. The summed E-state index contributed by atoms with van der Waals surface area (Å²) >= 11 is 0. The van der Waals surface area contributed by atoms with Crippen molar-refractivity contribution in [3.05, 3.63) is 68.3 Å². The lowest BCUT2D eigenvalue weighted by molar-refractivity contribution is -0.384. The molecule has 0 aromatic heterocycles. The predicted molar refractivity (Wildman–Crippen MR) is 124 cm³/mol. The minimum atomic E-state index is -3.86. The van der Waals surface area contributed by atoms with Crippen LogP contribution < -0.4 is 4.90 Å². The SMILES string of the molecule is CCN(CC)S(=O)(=O)c1ccc(N2CCN(C(=O)c3cccc([N+](=O)[O-])c3)CC2)c([N+](=O)[O-])c1. The number of nitro benzene ring substituents is 2. The molecule has 2 aromatic carbocycles. The van der Waals surface area contributed by atoms with Crippen molar-refractivity contribution < 1.29 is 23.1 Å². The molecule has 3 rings (SSSR count). The van der Waals surface area contributed by atoms with Gasteiger partial charge in [-0.3, -0.25) is 25.0 Å². The second kappa shape index (κ2) is 10.1. The Balaban J connectivity index is 1.79. The molecule has 0 aliphatic carbocycles. The van der Waals surface area contributed by atoms with Gasteiger partial charge in [-0.1, -0.05) is 19.9 Å². The zero-order chi connectivity index (χ0) is 25.0. The molecule has 0 N–H and O–H groups in total. The maximum absolute atomic E-state index is 12.8. The van der Waals surface area contributed by atoms with Crippen molar-refractivity contribution in [2.45, 2.75) is 18.7 Å². The summed E-state index contributed by atoms with van der Waals surface area (Å²) in [7, 11) is -3.86. The van der Waals surface area contributed by atoms with E-state index < -0.39 is 19.9 Å². The minimum absolute atomic E-state index is 0.147. The average Bonchev–Trinajstić information content (AvgIpc) is 2.84. The highest BCUT2D eigenvalue weighted by atomic mass is 32.2. The topological polar surface area (TPSA) is 147 Å². The van der Waals surface area contributed by atoms with Crippen LogP contribution in [-0.4, -0.2) is 72.6 Å². The number of piperazine rings is 1. The van der Waals surface area contributed by atoms with E-state index in [0.717, 1.165) is 6.07 Å². The van der Waals surface area contributed by atoms with Crippen molar-refractivity contribution in [2.24, 2.45) is 0 Å².